The largest absolute Gasteiger partial charge is 0.329 e. The van der Waals surface area contributed by atoms with Gasteiger partial charge in [0.2, 0.25) is 5.91 Å². The Morgan fingerprint density at radius 1 is 1.25 bits per heavy atom. The lowest BCUT2D eigenvalue weighted by molar-refractivity contribution is -0.124. The van der Waals surface area contributed by atoms with Crippen LogP contribution in [0.2, 0.25) is 0 Å². The highest BCUT2D eigenvalue weighted by Crippen LogP contribution is 2.25. The van der Waals surface area contributed by atoms with E-state index in [2.05, 4.69) is 27.3 Å². The Hall–Kier alpha value is -1.39. The Bertz CT molecular complexity index is 635. The Morgan fingerprint density at radius 3 is 2.55 bits per heavy atom. The zero-order valence-corrected chi connectivity index (χ0v) is 13.3. The predicted octanol–water partition coefficient (Wildman–Crippen LogP) is 3.92. The molecule has 2 rings (SSSR count). The fourth-order valence-electron chi connectivity index (χ4n) is 1.97. The maximum atomic E-state index is 12.3. The van der Waals surface area contributed by atoms with E-state index in [0.717, 1.165) is 27.4 Å². The molecule has 0 bridgehead atoms. The van der Waals surface area contributed by atoms with Crippen molar-refractivity contribution in [1.29, 1.82) is 0 Å². The van der Waals surface area contributed by atoms with Crippen molar-refractivity contribution in [3.05, 3.63) is 40.9 Å². The van der Waals surface area contributed by atoms with Gasteiger partial charge in [-0.25, -0.2) is 0 Å². The molecule has 4 heteroatoms. The number of halogens is 1. The number of carbonyl (C=O) groups excluding carboxylic acids is 1. The monoisotopic (exact) mass is 334 g/mol. The number of hydrogen-bond acceptors (Lipinski definition) is 2. The first-order chi connectivity index (χ1) is 9.48. The lowest BCUT2D eigenvalue weighted by Gasteiger charge is -2.25. The molecule has 0 saturated heterocycles. The van der Waals surface area contributed by atoms with Gasteiger partial charge in [-0.15, -0.1) is 0 Å². The van der Waals surface area contributed by atoms with E-state index in [0.29, 0.717) is 6.54 Å². The Kier molecular flexibility index (Phi) is 4.45. The number of nitrogens with one attached hydrogen (secondary N) is 1. The molecule has 106 valence electrons. The van der Waals surface area contributed by atoms with Crippen LogP contribution in [0.3, 0.4) is 0 Å². The number of hydrogen-bond donors (Lipinski definition) is 2. The van der Waals surface area contributed by atoms with Crippen LogP contribution in [0.25, 0.3) is 10.8 Å². The van der Waals surface area contributed by atoms with Gasteiger partial charge in [-0.3, -0.25) is 4.79 Å². The molecular formula is C16H19BrN2O. The number of fused-ring (bicyclic) bond motifs is 1. The summed E-state index contributed by atoms with van der Waals surface area (Å²) >= 11 is 3.45. The summed E-state index contributed by atoms with van der Waals surface area (Å²) in [5, 5.41) is 5.19. The van der Waals surface area contributed by atoms with E-state index < -0.39 is 5.41 Å². The first kappa shape index (κ1) is 15.0. The molecule has 2 aromatic rings. The molecule has 0 fully saturated rings. The van der Waals surface area contributed by atoms with Crippen molar-refractivity contribution in [2.24, 2.45) is 11.1 Å². The molecule has 2 aromatic carbocycles. The quantitative estimate of drug-likeness (QED) is 0.890. The highest BCUT2D eigenvalue weighted by molar-refractivity contribution is 9.10. The molecule has 0 spiro atoms. The fraction of sp³-hybridized carbons (Fsp3) is 0.312. The van der Waals surface area contributed by atoms with E-state index in [-0.39, 0.29) is 5.91 Å². The molecular weight excluding hydrogens is 316 g/mol. The van der Waals surface area contributed by atoms with Crippen LogP contribution in [-0.2, 0) is 4.79 Å². The Labute approximate surface area is 127 Å². The average Bonchev–Trinajstić information content (AvgIpc) is 2.46. The van der Waals surface area contributed by atoms with E-state index in [9.17, 15) is 4.79 Å². The van der Waals surface area contributed by atoms with Gasteiger partial charge in [0, 0.05) is 16.7 Å². The molecule has 20 heavy (non-hydrogen) atoms. The molecule has 0 aliphatic rings. The smallest absolute Gasteiger partial charge is 0.231 e. The van der Waals surface area contributed by atoms with Crippen LogP contribution in [0.15, 0.2) is 40.9 Å². The van der Waals surface area contributed by atoms with Crippen molar-refractivity contribution >= 4 is 38.3 Å². The molecule has 0 saturated carbocycles. The maximum absolute atomic E-state index is 12.3. The SMILES string of the molecule is CCC(C)(CN)C(=O)Nc1ccc2cc(Br)ccc2c1. The predicted molar refractivity (Wildman–Crippen MR) is 87.7 cm³/mol. The standard InChI is InChI=1S/C16H19BrN2O/c1-3-16(2,10-18)15(20)19-14-7-5-11-8-13(17)6-4-12(11)9-14/h4-9H,3,10,18H2,1-2H3,(H,19,20). The molecule has 3 N–H and O–H groups in total. The van der Waals surface area contributed by atoms with Crippen LogP contribution in [0, 0.1) is 5.41 Å². The number of amides is 1. The topological polar surface area (TPSA) is 55.1 Å². The minimum atomic E-state index is -0.519. The van der Waals surface area contributed by atoms with E-state index in [1.807, 2.05) is 44.2 Å². The molecule has 1 atom stereocenters. The summed E-state index contributed by atoms with van der Waals surface area (Å²) in [6, 6.07) is 12.0. The molecule has 0 heterocycles. The number of anilines is 1. The Morgan fingerprint density at radius 2 is 1.90 bits per heavy atom. The van der Waals surface area contributed by atoms with Crippen molar-refractivity contribution in [3.8, 4) is 0 Å². The fourth-order valence-corrected chi connectivity index (χ4v) is 2.35. The van der Waals surface area contributed by atoms with Crippen molar-refractivity contribution in [2.45, 2.75) is 20.3 Å². The maximum Gasteiger partial charge on any atom is 0.231 e. The third-order valence-corrected chi connectivity index (χ3v) is 4.33. The molecule has 0 aliphatic heterocycles. The summed E-state index contributed by atoms with van der Waals surface area (Å²) in [6.45, 7) is 4.21. The molecule has 3 nitrogen and oxygen atoms in total. The minimum absolute atomic E-state index is 0.0287. The first-order valence-corrected chi connectivity index (χ1v) is 7.48. The van der Waals surface area contributed by atoms with Gasteiger partial charge < -0.3 is 11.1 Å². The highest BCUT2D eigenvalue weighted by atomic mass is 79.9. The van der Waals surface area contributed by atoms with Crippen molar-refractivity contribution < 1.29 is 4.79 Å². The second kappa shape index (κ2) is 5.94. The van der Waals surface area contributed by atoms with Gasteiger partial charge in [0.1, 0.15) is 0 Å². The second-order valence-corrected chi connectivity index (χ2v) is 6.19. The summed E-state index contributed by atoms with van der Waals surface area (Å²) in [5.74, 6) is -0.0287. The third-order valence-electron chi connectivity index (χ3n) is 3.84. The summed E-state index contributed by atoms with van der Waals surface area (Å²) in [7, 11) is 0. The van der Waals surface area contributed by atoms with Crippen LogP contribution in [0.4, 0.5) is 5.69 Å². The van der Waals surface area contributed by atoms with Gasteiger partial charge in [-0.05, 0) is 48.4 Å². The number of benzene rings is 2. The van der Waals surface area contributed by atoms with Crippen LogP contribution < -0.4 is 11.1 Å². The first-order valence-electron chi connectivity index (χ1n) is 6.69. The van der Waals surface area contributed by atoms with Gasteiger partial charge >= 0.3 is 0 Å². The summed E-state index contributed by atoms with van der Waals surface area (Å²) in [6.07, 6.45) is 0.718. The highest BCUT2D eigenvalue weighted by Gasteiger charge is 2.29. The lowest BCUT2D eigenvalue weighted by atomic mass is 9.86. The van der Waals surface area contributed by atoms with E-state index >= 15 is 0 Å². The second-order valence-electron chi connectivity index (χ2n) is 5.28. The lowest BCUT2D eigenvalue weighted by Crippen LogP contribution is -2.39. The van der Waals surface area contributed by atoms with E-state index in [1.54, 1.807) is 0 Å². The molecule has 0 aliphatic carbocycles. The van der Waals surface area contributed by atoms with Gasteiger partial charge in [-0.1, -0.05) is 35.0 Å². The average molecular weight is 335 g/mol. The number of carbonyl (C=O) groups is 1. The Balaban J connectivity index is 2.26. The van der Waals surface area contributed by atoms with Crippen LogP contribution in [0.5, 0.6) is 0 Å². The van der Waals surface area contributed by atoms with E-state index in [4.69, 9.17) is 5.73 Å². The van der Waals surface area contributed by atoms with Crippen molar-refractivity contribution in [2.75, 3.05) is 11.9 Å². The normalized spacial score (nSPS) is 14.0. The molecule has 0 aromatic heterocycles. The minimum Gasteiger partial charge on any atom is -0.329 e. The van der Waals surface area contributed by atoms with Crippen LogP contribution in [-0.4, -0.2) is 12.5 Å². The van der Waals surface area contributed by atoms with Crippen molar-refractivity contribution in [1.82, 2.24) is 0 Å². The molecule has 1 unspecified atom stereocenters. The summed E-state index contributed by atoms with van der Waals surface area (Å²) < 4.78 is 1.04. The van der Waals surface area contributed by atoms with Gasteiger partial charge in [0.25, 0.3) is 0 Å². The number of nitrogens with two attached hydrogens (primary N) is 1. The zero-order valence-electron chi connectivity index (χ0n) is 11.7. The summed E-state index contributed by atoms with van der Waals surface area (Å²) in [4.78, 5) is 12.3. The van der Waals surface area contributed by atoms with Crippen LogP contribution >= 0.6 is 15.9 Å². The third kappa shape index (κ3) is 3.02. The zero-order chi connectivity index (χ0) is 14.8. The van der Waals surface area contributed by atoms with Crippen LogP contribution in [0.1, 0.15) is 20.3 Å². The molecule has 1 amide bonds. The van der Waals surface area contributed by atoms with Gasteiger partial charge in [-0.2, -0.15) is 0 Å². The van der Waals surface area contributed by atoms with Crippen molar-refractivity contribution in [3.63, 3.8) is 0 Å². The number of rotatable bonds is 4. The summed E-state index contributed by atoms with van der Waals surface area (Å²) in [5.41, 5.74) is 6.00. The van der Waals surface area contributed by atoms with Gasteiger partial charge in [0.05, 0.1) is 5.41 Å². The van der Waals surface area contributed by atoms with E-state index in [1.165, 1.54) is 0 Å². The molecule has 0 radical (unpaired) electrons. The van der Waals surface area contributed by atoms with Gasteiger partial charge in [0.15, 0.2) is 0 Å².